The summed E-state index contributed by atoms with van der Waals surface area (Å²) in [5, 5.41) is 9.60. The van der Waals surface area contributed by atoms with Crippen molar-refractivity contribution in [1.29, 1.82) is 0 Å². The van der Waals surface area contributed by atoms with Gasteiger partial charge in [0.15, 0.2) is 0 Å². The maximum atomic E-state index is 9.60. The Balaban J connectivity index is 2.14. The van der Waals surface area contributed by atoms with Crippen LogP contribution >= 0.6 is 0 Å². The highest BCUT2D eigenvalue weighted by Gasteiger charge is 2.04. The molecule has 0 aliphatic heterocycles. The van der Waals surface area contributed by atoms with Crippen molar-refractivity contribution in [1.82, 2.24) is 0 Å². The molecule has 0 heterocycles. The summed E-state index contributed by atoms with van der Waals surface area (Å²) in [4.78, 5) is 0. The van der Waals surface area contributed by atoms with E-state index in [2.05, 4.69) is 0 Å². The Bertz CT molecular complexity index is 312. The first-order chi connectivity index (χ1) is 8.22. The van der Waals surface area contributed by atoms with E-state index in [1.807, 2.05) is 38.1 Å². The zero-order valence-corrected chi connectivity index (χ0v) is 10.7. The summed E-state index contributed by atoms with van der Waals surface area (Å²) >= 11 is 0. The summed E-state index contributed by atoms with van der Waals surface area (Å²) in [6.45, 7) is 5.69. The molecule has 1 unspecified atom stereocenters. The van der Waals surface area contributed by atoms with Crippen LogP contribution in [-0.2, 0) is 4.74 Å². The first kappa shape index (κ1) is 14.0. The monoisotopic (exact) mass is 238 g/mol. The molecule has 0 radical (unpaired) electrons. The van der Waals surface area contributed by atoms with Crippen molar-refractivity contribution >= 4 is 0 Å². The summed E-state index contributed by atoms with van der Waals surface area (Å²) in [5.41, 5.74) is 1.18. The van der Waals surface area contributed by atoms with Crippen LogP contribution in [0.5, 0.6) is 5.75 Å². The fourth-order valence-electron chi connectivity index (χ4n) is 1.46. The van der Waals surface area contributed by atoms with Gasteiger partial charge in [0.25, 0.3) is 0 Å². The number of rotatable bonds is 8. The molecule has 1 aromatic rings. The minimum atomic E-state index is -0.439. The predicted octanol–water partition coefficient (Wildman–Crippen LogP) is 2.55. The van der Waals surface area contributed by atoms with Gasteiger partial charge in [-0.3, -0.25) is 0 Å². The Morgan fingerprint density at radius 1 is 1.29 bits per heavy atom. The van der Waals surface area contributed by atoms with Crippen molar-refractivity contribution in [2.75, 3.05) is 19.8 Å². The van der Waals surface area contributed by atoms with E-state index in [9.17, 15) is 5.11 Å². The molecule has 0 fully saturated rings. The number of hydrogen-bond acceptors (Lipinski definition) is 3. The van der Waals surface area contributed by atoms with E-state index in [1.54, 1.807) is 0 Å². The van der Waals surface area contributed by atoms with Crippen LogP contribution in [0.2, 0.25) is 0 Å². The normalized spacial score (nSPS) is 12.4. The first-order valence-electron chi connectivity index (χ1n) is 6.17. The number of ether oxygens (including phenoxy) is 2. The highest BCUT2D eigenvalue weighted by atomic mass is 16.5. The molecule has 3 heteroatoms. The third kappa shape index (κ3) is 6.29. The van der Waals surface area contributed by atoms with Crippen molar-refractivity contribution in [3.63, 3.8) is 0 Å². The lowest BCUT2D eigenvalue weighted by Gasteiger charge is -2.12. The average molecular weight is 238 g/mol. The number of aliphatic hydroxyl groups excluding tert-OH is 1. The third-order valence-electron chi connectivity index (χ3n) is 2.37. The average Bonchev–Trinajstić information content (AvgIpc) is 2.29. The highest BCUT2D eigenvalue weighted by molar-refractivity contribution is 5.27. The molecule has 3 nitrogen and oxygen atoms in total. The van der Waals surface area contributed by atoms with E-state index in [1.165, 1.54) is 5.56 Å². The predicted molar refractivity (Wildman–Crippen MR) is 68.4 cm³/mol. The second kappa shape index (κ2) is 8.09. The smallest absolute Gasteiger partial charge is 0.119 e. The van der Waals surface area contributed by atoms with Crippen molar-refractivity contribution < 1.29 is 14.6 Å². The van der Waals surface area contributed by atoms with Gasteiger partial charge in [-0.15, -0.1) is 0 Å². The molecule has 0 saturated heterocycles. The molecule has 1 rings (SSSR count). The maximum Gasteiger partial charge on any atom is 0.119 e. The molecule has 17 heavy (non-hydrogen) atoms. The van der Waals surface area contributed by atoms with Crippen LogP contribution in [0, 0.1) is 6.92 Å². The molecule has 96 valence electrons. The Morgan fingerprint density at radius 3 is 2.82 bits per heavy atom. The minimum Gasteiger partial charge on any atom is -0.493 e. The Morgan fingerprint density at radius 2 is 2.12 bits per heavy atom. The number of benzene rings is 1. The topological polar surface area (TPSA) is 38.7 Å². The van der Waals surface area contributed by atoms with Gasteiger partial charge in [0.05, 0.1) is 19.3 Å². The lowest BCUT2D eigenvalue weighted by molar-refractivity contribution is 0.0262. The lowest BCUT2D eigenvalue weighted by Crippen LogP contribution is -2.18. The Labute approximate surface area is 103 Å². The number of aliphatic hydroxyl groups is 1. The Kier molecular flexibility index (Phi) is 6.67. The van der Waals surface area contributed by atoms with E-state index in [-0.39, 0.29) is 0 Å². The van der Waals surface area contributed by atoms with E-state index in [4.69, 9.17) is 9.47 Å². The van der Waals surface area contributed by atoms with Gasteiger partial charge >= 0.3 is 0 Å². The molecule has 0 saturated carbocycles. The molecule has 0 aromatic heterocycles. The number of hydrogen-bond donors (Lipinski definition) is 1. The van der Waals surface area contributed by atoms with Gasteiger partial charge < -0.3 is 14.6 Å². The van der Waals surface area contributed by atoms with Gasteiger partial charge in [-0.05, 0) is 31.0 Å². The van der Waals surface area contributed by atoms with Gasteiger partial charge in [0.2, 0.25) is 0 Å². The van der Waals surface area contributed by atoms with Crippen molar-refractivity contribution in [2.45, 2.75) is 32.8 Å². The van der Waals surface area contributed by atoms with Crippen LogP contribution in [-0.4, -0.2) is 31.0 Å². The van der Waals surface area contributed by atoms with E-state index in [0.29, 0.717) is 26.2 Å². The molecule has 1 atom stereocenters. The van der Waals surface area contributed by atoms with E-state index < -0.39 is 6.10 Å². The fourth-order valence-corrected chi connectivity index (χ4v) is 1.46. The van der Waals surface area contributed by atoms with Gasteiger partial charge in [0.1, 0.15) is 5.75 Å². The summed E-state index contributed by atoms with van der Waals surface area (Å²) in [6, 6.07) is 7.90. The van der Waals surface area contributed by atoms with Crippen molar-refractivity contribution in [2.24, 2.45) is 0 Å². The molecular weight excluding hydrogens is 216 g/mol. The van der Waals surface area contributed by atoms with Crippen molar-refractivity contribution in [3.8, 4) is 5.75 Å². The summed E-state index contributed by atoms with van der Waals surface area (Å²) in [6.07, 6.45) is 1.14. The third-order valence-corrected chi connectivity index (χ3v) is 2.37. The van der Waals surface area contributed by atoms with Crippen LogP contribution in [0.4, 0.5) is 0 Å². The molecule has 0 bridgehead atoms. The summed E-state index contributed by atoms with van der Waals surface area (Å²) in [5.74, 6) is 0.853. The molecule has 1 aromatic carbocycles. The van der Waals surface area contributed by atoms with Crippen LogP contribution in [0.25, 0.3) is 0 Å². The quantitative estimate of drug-likeness (QED) is 0.707. The zero-order valence-electron chi connectivity index (χ0n) is 10.7. The maximum absolute atomic E-state index is 9.60. The highest BCUT2D eigenvalue weighted by Crippen LogP contribution is 2.12. The lowest BCUT2D eigenvalue weighted by atomic mass is 10.2. The van der Waals surface area contributed by atoms with Crippen LogP contribution in [0.15, 0.2) is 24.3 Å². The van der Waals surface area contributed by atoms with Gasteiger partial charge in [-0.1, -0.05) is 19.1 Å². The van der Waals surface area contributed by atoms with E-state index in [0.717, 1.165) is 12.2 Å². The van der Waals surface area contributed by atoms with Crippen molar-refractivity contribution in [3.05, 3.63) is 29.8 Å². The standard InChI is InChI=1S/C14H22O3/c1-3-8-16-11-13(15)7-9-17-14-6-4-5-12(2)10-14/h4-6,10,13,15H,3,7-9,11H2,1-2H3. The summed E-state index contributed by atoms with van der Waals surface area (Å²) < 4.78 is 10.8. The summed E-state index contributed by atoms with van der Waals surface area (Å²) in [7, 11) is 0. The number of aryl methyl sites for hydroxylation is 1. The Hall–Kier alpha value is -1.06. The second-order valence-electron chi connectivity index (χ2n) is 4.18. The first-order valence-corrected chi connectivity index (χ1v) is 6.17. The fraction of sp³-hybridized carbons (Fsp3) is 0.571. The molecule has 0 spiro atoms. The van der Waals surface area contributed by atoms with E-state index >= 15 is 0 Å². The molecule has 0 aliphatic rings. The van der Waals surface area contributed by atoms with Gasteiger partial charge in [0, 0.05) is 13.0 Å². The molecule has 1 N–H and O–H groups in total. The largest absolute Gasteiger partial charge is 0.493 e. The van der Waals surface area contributed by atoms with Crippen LogP contribution < -0.4 is 4.74 Å². The van der Waals surface area contributed by atoms with Crippen LogP contribution in [0.3, 0.4) is 0 Å². The van der Waals surface area contributed by atoms with Gasteiger partial charge in [-0.25, -0.2) is 0 Å². The second-order valence-corrected chi connectivity index (χ2v) is 4.18. The van der Waals surface area contributed by atoms with Gasteiger partial charge in [-0.2, -0.15) is 0 Å². The SMILES string of the molecule is CCCOCC(O)CCOc1cccc(C)c1. The molecular formula is C14H22O3. The zero-order chi connectivity index (χ0) is 12.5. The molecule has 0 aliphatic carbocycles. The molecule has 0 amide bonds. The minimum absolute atomic E-state index is 0.394. The van der Waals surface area contributed by atoms with Crippen LogP contribution in [0.1, 0.15) is 25.3 Å².